The summed E-state index contributed by atoms with van der Waals surface area (Å²) in [5.41, 5.74) is 1.13. The van der Waals surface area contributed by atoms with E-state index in [1.807, 2.05) is 0 Å². The Bertz CT molecular complexity index is 218. The third kappa shape index (κ3) is 8.50. The van der Waals surface area contributed by atoms with Crippen molar-refractivity contribution in [2.45, 2.75) is 78.2 Å². The molecule has 0 aromatic heterocycles. The third-order valence-electron chi connectivity index (χ3n) is 1.99. The van der Waals surface area contributed by atoms with Crippen molar-refractivity contribution < 1.29 is 8.85 Å². The minimum absolute atomic E-state index is 0.0297. The van der Waals surface area contributed by atoms with E-state index in [1.165, 1.54) is 0 Å². The van der Waals surface area contributed by atoms with Gasteiger partial charge in [-0.2, -0.15) is 0 Å². The maximum absolute atomic E-state index is 6.24. The molecule has 0 saturated carbocycles. The third-order valence-corrected chi connectivity index (χ3v) is 11.1. The Labute approximate surface area is 104 Å². The Morgan fingerprint density at radius 2 is 1.38 bits per heavy atom. The van der Waals surface area contributed by atoms with E-state index in [9.17, 15) is 0 Å². The van der Waals surface area contributed by atoms with Crippen molar-refractivity contribution in [3.05, 3.63) is 0 Å². The highest BCUT2D eigenvalue weighted by atomic mass is 28.4. The predicted molar refractivity (Wildman–Crippen MR) is 76.8 cm³/mol. The van der Waals surface area contributed by atoms with Crippen LogP contribution in [0.2, 0.25) is 31.9 Å². The molecule has 0 heterocycles. The lowest BCUT2D eigenvalue weighted by atomic mass is 10.2. The molecular formula is C12H30O2Si2. The summed E-state index contributed by atoms with van der Waals surface area (Å²) in [6.07, 6.45) is 0.334. The highest BCUT2D eigenvalue weighted by Gasteiger charge is 2.37. The van der Waals surface area contributed by atoms with Crippen LogP contribution in [-0.2, 0) is 8.85 Å². The van der Waals surface area contributed by atoms with Crippen molar-refractivity contribution in [1.82, 2.24) is 0 Å². The summed E-state index contributed by atoms with van der Waals surface area (Å²) in [4.78, 5) is 0. The van der Waals surface area contributed by atoms with Crippen LogP contribution in [0.4, 0.5) is 0 Å². The molecule has 2 nitrogen and oxygen atoms in total. The SMILES string of the molecule is CC(C)O[Si](C)(C)C[Si](C)(C)OC(C)(C)C. The van der Waals surface area contributed by atoms with Crippen LogP contribution in [-0.4, -0.2) is 28.3 Å². The summed E-state index contributed by atoms with van der Waals surface area (Å²) in [6, 6.07) is 0. The van der Waals surface area contributed by atoms with Crippen LogP contribution >= 0.6 is 0 Å². The molecular weight excluding hydrogens is 232 g/mol. The molecule has 0 rings (SSSR count). The van der Waals surface area contributed by atoms with Gasteiger partial charge in [0.05, 0.1) is 0 Å². The summed E-state index contributed by atoms with van der Waals surface area (Å²) in [7, 11) is -3.17. The van der Waals surface area contributed by atoms with E-state index in [0.29, 0.717) is 6.10 Å². The predicted octanol–water partition coefficient (Wildman–Crippen LogP) is 4.18. The molecule has 0 N–H and O–H groups in total. The number of hydrogen-bond acceptors (Lipinski definition) is 2. The van der Waals surface area contributed by atoms with Gasteiger partial charge in [0.2, 0.25) is 0 Å². The van der Waals surface area contributed by atoms with Crippen molar-refractivity contribution in [3.63, 3.8) is 0 Å². The first kappa shape index (κ1) is 16.4. The monoisotopic (exact) mass is 262 g/mol. The zero-order valence-electron chi connectivity index (χ0n) is 12.6. The van der Waals surface area contributed by atoms with Gasteiger partial charge in [0, 0.05) is 11.7 Å². The lowest BCUT2D eigenvalue weighted by Crippen LogP contribution is -2.48. The smallest absolute Gasteiger partial charge is 0.187 e. The van der Waals surface area contributed by atoms with Crippen LogP contribution in [0.25, 0.3) is 0 Å². The largest absolute Gasteiger partial charge is 0.415 e. The van der Waals surface area contributed by atoms with Gasteiger partial charge in [-0.3, -0.25) is 0 Å². The average molecular weight is 263 g/mol. The van der Waals surface area contributed by atoms with Gasteiger partial charge in [0.15, 0.2) is 16.6 Å². The van der Waals surface area contributed by atoms with E-state index in [-0.39, 0.29) is 5.60 Å². The highest BCUT2D eigenvalue weighted by Crippen LogP contribution is 2.26. The molecule has 98 valence electrons. The first-order valence-corrected chi connectivity index (χ1v) is 12.4. The molecule has 0 aromatic rings. The topological polar surface area (TPSA) is 18.5 Å². The van der Waals surface area contributed by atoms with Gasteiger partial charge in [-0.1, -0.05) is 0 Å². The molecule has 0 spiro atoms. The summed E-state index contributed by atoms with van der Waals surface area (Å²) in [5, 5.41) is 0. The molecule has 0 aliphatic carbocycles. The zero-order valence-corrected chi connectivity index (χ0v) is 14.6. The number of hydrogen-bond donors (Lipinski definition) is 0. The van der Waals surface area contributed by atoms with Gasteiger partial charge in [0.1, 0.15) is 0 Å². The van der Waals surface area contributed by atoms with Crippen LogP contribution in [0, 0.1) is 0 Å². The van der Waals surface area contributed by atoms with Crippen molar-refractivity contribution in [1.29, 1.82) is 0 Å². The summed E-state index contributed by atoms with van der Waals surface area (Å²) in [6.45, 7) is 19.9. The first-order chi connectivity index (χ1) is 6.83. The molecule has 16 heavy (non-hydrogen) atoms. The van der Waals surface area contributed by atoms with E-state index in [2.05, 4.69) is 60.8 Å². The number of rotatable bonds is 5. The second-order valence-corrected chi connectivity index (χ2v) is 16.0. The van der Waals surface area contributed by atoms with Gasteiger partial charge in [-0.05, 0) is 66.5 Å². The van der Waals surface area contributed by atoms with Gasteiger partial charge >= 0.3 is 0 Å². The zero-order chi connectivity index (χ0) is 13.2. The van der Waals surface area contributed by atoms with Crippen molar-refractivity contribution in [3.8, 4) is 0 Å². The van der Waals surface area contributed by atoms with E-state index in [4.69, 9.17) is 8.85 Å². The van der Waals surface area contributed by atoms with Crippen molar-refractivity contribution in [2.75, 3.05) is 0 Å². The molecule has 0 aliphatic rings. The summed E-state index contributed by atoms with van der Waals surface area (Å²) < 4.78 is 12.3. The maximum atomic E-state index is 6.24. The van der Waals surface area contributed by atoms with Crippen molar-refractivity contribution >= 4 is 16.6 Å². The first-order valence-electron chi connectivity index (χ1n) is 6.21. The Morgan fingerprint density at radius 3 is 1.69 bits per heavy atom. The second-order valence-electron chi connectivity index (χ2n) is 7.08. The minimum atomic E-state index is -1.60. The van der Waals surface area contributed by atoms with E-state index >= 15 is 0 Å². The molecule has 4 heteroatoms. The fourth-order valence-electron chi connectivity index (χ4n) is 2.57. The van der Waals surface area contributed by atoms with Gasteiger partial charge in [-0.25, -0.2) is 0 Å². The van der Waals surface area contributed by atoms with Gasteiger partial charge in [0.25, 0.3) is 0 Å². The molecule has 0 atom stereocenters. The highest BCUT2D eigenvalue weighted by molar-refractivity contribution is 6.89. The maximum Gasteiger partial charge on any atom is 0.187 e. The standard InChI is InChI=1S/C12H30O2Si2/c1-11(2)13-15(6,7)10-16(8,9)14-12(3,4)5/h11H,10H2,1-9H3. The fraction of sp³-hybridized carbons (Fsp3) is 1.00. The quantitative estimate of drug-likeness (QED) is 0.692. The Kier molecular flexibility index (Phi) is 5.45. The minimum Gasteiger partial charge on any atom is -0.415 e. The Morgan fingerprint density at radius 1 is 0.938 bits per heavy atom. The molecule has 0 aromatic carbocycles. The Hall–Kier alpha value is 0.354. The average Bonchev–Trinajstić information content (AvgIpc) is 1.69. The molecule has 0 saturated heterocycles. The van der Waals surface area contributed by atoms with E-state index in [1.54, 1.807) is 0 Å². The molecule has 0 unspecified atom stereocenters. The van der Waals surface area contributed by atoms with E-state index in [0.717, 1.165) is 5.67 Å². The normalized spacial score (nSPS) is 14.6. The lowest BCUT2D eigenvalue weighted by Gasteiger charge is -2.37. The fourth-order valence-corrected chi connectivity index (χ4v) is 14.3. The lowest BCUT2D eigenvalue weighted by molar-refractivity contribution is 0.121. The van der Waals surface area contributed by atoms with Gasteiger partial charge < -0.3 is 8.85 Å². The molecule has 0 aliphatic heterocycles. The Balaban J connectivity index is 4.45. The van der Waals surface area contributed by atoms with Crippen LogP contribution in [0.1, 0.15) is 34.6 Å². The molecule has 0 amide bonds. The van der Waals surface area contributed by atoms with E-state index < -0.39 is 16.6 Å². The molecule has 0 radical (unpaired) electrons. The summed E-state index contributed by atoms with van der Waals surface area (Å²) >= 11 is 0. The molecule has 0 bridgehead atoms. The van der Waals surface area contributed by atoms with Crippen LogP contribution in [0.15, 0.2) is 0 Å². The second kappa shape index (κ2) is 5.33. The van der Waals surface area contributed by atoms with Crippen LogP contribution in [0.3, 0.4) is 0 Å². The molecule has 0 fully saturated rings. The van der Waals surface area contributed by atoms with Gasteiger partial charge in [-0.15, -0.1) is 0 Å². The summed E-state index contributed by atoms with van der Waals surface area (Å²) in [5.74, 6) is 0. The van der Waals surface area contributed by atoms with Crippen molar-refractivity contribution in [2.24, 2.45) is 0 Å². The van der Waals surface area contributed by atoms with Crippen LogP contribution < -0.4 is 0 Å². The van der Waals surface area contributed by atoms with Crippen LogP contribution in [0.5, 0.6) is 0 Å².